The Labute approximate surface area is 193 Å². The van der Waals surface area contributed by atoms with Gasteiger partial charge in [0.25, 0.3) is 0 Å². The van der Waals surface area contributed by atoms with Crippen LogP contribution in [0.25, 0.3) is 0 Å². The summed E-state index contributed by atoms with van der Waals surface area (Å²) in [5, 5.41) is 8.61. The molecule has 1 aromatic carbocycles. The molecular formula is C23H32N4O4S. The number of fused-ring (bicyclic) bond motifs is 1. The minimum absolute atomic E-state index is 0.240. The van der Waals surface area contributed by atoms with Gasteiger partial charge in [0.2, 0.25) is 11.1 Å². The van der Waals surface area contributed by atoms with E-state index < -0.39 is 6.04 Å². The van der Waals surface area contributed by atoms with E-state index in [0.717, 1.165) is 24.2 Å². The summed E-state index contributed by atoms with van der Waals surface area (Å²) in [7, 11) is 1.61. The van der Waals surface area contributed by atoms with Gasteiger partial charge in [0.05, 0.1) is 25.4 Å². The second kappa shape index (κ2) is 10.8. The quantitative estimate of drug-likeness (QED) is 0.399. The lowest BCUT2D eigenvalue weighted by molar-refractivity contribution is -0.143. The summed E-state index contributed by atoms with van der Waals surface area (Å²) in [6.07, 6.45) is 1.67. The fourth-order valence-electron chi connectivity index (χ4n) is 3.42. The van der Waals surface area contributed by atoms with E-state index in [1.807, 2.05) is 39.0 Å². The summed E-state index contributed by atoms with van der Waals surface area (Å²) in [5.41, 5.74) is 2.02. The van der Waals surface area contributed by atoms with E-state index in [1.165, 1.54) is 0 Å². The van der Waals surface area contributed by atoms with Crippen LogP contribution in [0.15, 0.2) is 34.6 Å². The van der Waals surface area contributed by atoms with Gasteiger partial charge < -0.3 is 19.5 Å². The molecule has 32 heavy (non-hydrogen) atoms. The summed E-state index contributed by atoms with van der Waals surface area (Å²) >= 11 is 1.59. The molecule has 0 amide bonds. The van der Waals surface area contributed by atoms with Crippen LogP contribution in [0.3, 0.4) is 0 Å². The van der Waals surface area contributed by atoms with Crippen LogP contribution in [0.1, 0.15) is 59.1 Å². The smallest absolute Gasteiger partial charge is 0.338 e. The van der Waals surface area contributed by atoms with Gasteiger partial charge in [0.1, 0.15) is 6.04 Å². The summed E-state index contributed by atoms with van der Waals surface area (Å²) in [6.45, 7) is 10.3. The molecule has 1 aliphatic rings. The molecular weight excluding hydrogens is 428 g/mol. The fraction of sp³-hybridized carbons (Fsp3) is 0.522. The van der Waals surface area contributed by atoms with Crippen LogP contribution < -0.4 is 14.8 Å². The molecule has 0 spiro atoms. The number of hydrogen-bond donors (Lipinski definition) is 1. The number of allylic oxidation sites excluding steroid dienone is 1. The number of nitrogens with one attached hydrogen (secondary N) is 1. The highest BCUT2D eigenvalue weighted by atomic mass is 32.2. The van der Waals surface area contributed by atoms with Crippen LogP contribution in [0, 0.1) is 0 Å². The Morgan fingerprint density at radius 3 is 2.69 bits per heavy atom. The second-order valence-corrected chi connectivity index (χ2v) is 8.85. The standard InChI is InChI=1S/C23H32N4O4S/c1-7-11-30-17-10-9-16(13-18(17)29-6)20-19(21(28)31-14(3)4)15(5)24-22-25-23(26-27(20)22)32-12-8-2/h9-10,13-14,20H,7-8,11-12H2,1-6H3,(H,24,25,26). The largest absolute Gasteiger partial charge is 0.493 e. The van der Waals surface area contributed by atoms with Crippen molar-refractivity contribution in [2.45, 2.75) is 64.8 Å². The topological polar surface area (TPSA) is 87.5 Å². The number of aromatic nitrogens is 3. The molecule has 0 bridgehead atoms. The normalized spacial score (nSPS) is 15.4. The van der Waals surface area contributed by atoms with Gasteiger partial charge in [-0.25, -0.2) is 9.48 Å². The molecule has 1 unspecified atom stereocenters. The molecule has 1 aromatic heterocycles. The predicted octanol–water partition coefficient (Wildman–Crippen LogP) is 4.82. The van der Waals surface area contributed by atoms with E-state index >= 15 is 0 Å². The van der Waals surface area contributed by atoms with Crippen molar-refractivity contribution in [3.63, 3.8) is 0 Å². The van der Waals surface area contributed by atoms with Crippen molar-refractivity contribution >= 4 is 23.7 Å². The summed E-state index contributed by atoms with van der Waals surface area (Å²) in [4.78, 5) is 17.7. The monoisotopic (exact) mass is 460 g/mol. The number of nitrogens with zero attached hydrogens (tertiary/aromatic N) is 3. The average Bonchev–Trinajstić information content (AvgIpc) is 3.16. The number of benzene rings is 1. The third-order valence-electron chi connectivity index (χ3n) is 4.80. The number of hydrogen-bond acceptors (Lipinski definition) is 8. The Morgan fingerprint density at radius 1 is 1.25 bits per heavy atom. The zero-order valence-corrected chi connectivity index (χ0v) is 20.4. The Kier molecular flexibility index (Phi) is 8.06. The molecule has 1 N–H and O–H groups in total. The molecule has 0 aliphatic carbocycles. The first-order valence-electron chi connectivity index (χ1n) is 11.0. The molecule has 0 saturated carbocycles. The second-order valence-electron chi connectivity index (χ2n) is 7.79. The number of rotatable bonds is 10. The molecule has 0 saturated heterocycles. The van der Waals surface area contributed by atoms with E-state index in [2.05, 4.69) is 24.1 Å². The van der Waals surface area contributed by atoms with Crippen molar-refractivity contribution in [2.75, 3.05) is 24.8 Å². The van der Waals surface area contributed by atoms with E-state index in [-0.39, 0.29) is 12.1 Å². The zero-order chi connectivity index (χ0) is 23.3. The molecule has 3 rings (SSSR count). The Bertz CT molecular complexity index is 986. The van der Waals surface area contributed by atoms with Gasteiger partial charge in [-0.1, -0.05) is 31.7 Å². The van der Waals surface area contributed by atoms with E-state index in [1.54, 1.807) is 23.6 Å². The number of anilines is 1. The molecule has 0 radical (unpaired) electrons. The molecule has 174 valence electrons. The number of carbonyl (C=O) groups excluding carboxylic acids is 1. The van der Waals surface area contributed by atoms with E-state index in [4.69, 9.17) is 19.3 Å². The van der Waals surface area contributed by atoms with Gasteiger partial charge in [0, 0.05) is 11.4 Å². The molecule has 1 aliphatic heterocycles. The average molecular weight is 461 g/mol. The maximum Gasteiger partial charge on any atom is 0.338 e. The van der Waals surface area contributed by atoms with Crippen LogP contribution in [0.2, 0.25) is 0 Å². The Balaban J connectivity index is 2.09. The van der Waals surface area contributed by atoms with Crippen molar-refractivity contribution in [1.29, 1.82) is 0 Å². The van der Waals surface area contributed by atoms with Crippen LogP contribution in [-0.2, 0) is 9.53 Å². The number of ether oxygens (including phenoxy) is 3. The summed E-state index contributed by atoms with van der Waals surface area (Å²) in [5.74, 6) is 2.39. The molecule has 2 heterocycles. The Morgan fingerprint density at radius 2 is 2.03 bits per heavy atom. The van der Waals surface area contributed by atoms with Gasteiger partial charge in [-0.2, -0.15) is 4.98 Å². The van der Waals surface area contributed by atoms with Gasteiger partial charge in [0.15, 0.2) is 11.5 Å². The zero-order valence-electron chi connectivity index (χ0n) is 19.6. The minimum atomic E-state index is -0.505. The highest BCUT2D eigenvalue weighted by Gasteiger charge is 2.36. The molecule has 2 aromatic rings. The third kappa shape index (κ3) is 5.20. The van der Waals surface area contributed by atoms with Crippen molar-refractivity contribution in [3.05, 3.63) is 35.0 Å². The maximum atomic E-state index is 13.1. The van der Waals surface area contributed by atoms with Gasteiger partial charge in [-0.3, -0.25) is 0 Å². The van der Waals surface area contributed by atoms with E-state index in [9.17, 15) is 4.79 Å². The molecule has 0 fully saturated rings. The minimum Gasteiger partial charge on any atom is -0.493 e. The lowest BCUT2D eigenvalue weighted by atomic mass is 9.95. The summed E-state index contributed by atoms with van der Waals surface area (Å²) in [6, 6.07) is 5.19. The predicted molar refractivity (Wildman–Crippen MR) is 126 cm³/mol. The maximum absolute atomic E-state index is 13.1. The molecule has 8 nitrogen and oxygen atoms in total. The van der Waals surface area contributed by atoms with Crippen LogP contribution in [0.5, 0.6) is 11.5 Å². The first-order chi connectivity index (χ1) is 15.4. The van der Waals surface area contributed by atoms with Crippen molar-refractivity contribution < 1.29 is 19.0 Å². The SMILES string of the molecule is CCCOc1ccc(C2C(C(=O)OC(C)C)=C(C)Nc3nc(SCCC)nn32)cc1OC. The number of carbonyl (C=O) groups is 1. The lowest BCUT2D eigenvalue weighted by Gasteiger charge is -2.29. The lowest BCUT2D eigenvalue weighted by Crippen LogP contribution is -2.30. The van der Waals surface area contributed by atoms with Crippen LogP contribution >= 0.6 is 11.8 Å². The van der Waals surface area contributed by atoms with Crippen LogP contribution in [-0.4, -0.2) is 46.3 Å². The first kappa shape index (κ1) is 24.0. The van der Waals surface area contributed by atoms with Crippen LogP contribution in [0.4, 0.5) is 5.95 Å². The highest BCUT2D eigenvalue weighted by Crippen LogP contribution is 2.40. The van der Waals surface area contributed by atoms with E-state index in [0.29, 0.717) is 40.5 Å². The van der Waals surface area contributed by atoms with Gasteiger partial charge in [-0.15, -0.1) is 5.10 Å². The van der Waals surface area contributed by atoms with Crippen molar-refractivity contribution in [1.82, 2.24) is 14.8 Å². The number of methoxy groups -OCH3 is 1. The van der Waals surface area contributed by atoms with Gasteiger partial charge in [-0.05, 0) is 51.3 Å². The third-order valence-corrected chi connectivity index (χ3v) is 5.84. The molecule has 1 atom stereocenters. The molecule has 9 heteroatoms. The van der Waals surface area contributed by atoms with Crippen molar-refractivity contribution in [3.8, 4) is 11.5 Å². The highest BCUT2D eigenvalue weighted by molar-refractivity contribution is 7.99. The van der Waals surface area contributed by atoms with Crippen molar-refractivity contribution in [2.24, 2.45) is 0 Å². The first-order valence-corrected chi connectivity index (χ1v) is 12.0. The number of esters is 1. The summed E-state index contributed by atoms with van der Waals surface area (Å²) < 4.78 is 18.7. The van der Waals surface area contributed by atoms with Gasteiger partial charge >= 0.3 is 5.97 Å². The fourth-order valence-corrected chi connectivity index (χ4v) is 4.10. The Hall–Kier alpha value is -2.68. The number of thioether (sulfide) groups is 1.